The first-order valence-electron chi connectivity index (χ1n) is 14.0. The topological polar surface area (TPSA) is 124 Å². The number of anilines is 1. The number of ether oxygens (including phenoxy) is 1. The van der Waals surface area contributed by atoms with Crippen molar-refractivity contribution in [3.8, 4) is 5.75 Å². The summed E-state index contributed by atoms with van der Waals surface area (Å²) in [5.74, 6) is 1.18. The molecule has 4 aliphatic rings. The molecule has 0 bridgehead atoms. The summed E-state index contributed by atoms with van der Waals surface area (Å²) in [5.41, 5.74) is 3.23. The quantitative estimate of drug-likeness (QED) is 0.334. The Hall–Kier alpha value is -3.38. The van der Waals surface area contributed by atoms with Crippen LogP contribution >= 0.6 is 0 Å². The number of fused-ring (bicyclic) bond motifs is 1. The summed E-state index contributed by atoms with van der Waals surface area (Å²) in [6, 6.07) is 14.1. The van der Waals surface area contributed by atoms with Gasteiger partial charge in [0.2, 0.25) is 10.0 Å². The van der Waals surface area contributed by atoms with E-state index in [2.05, 4.69) is 26.0 Å². The van der Waals surface area contributed by atoms with Gasteiger partial charge in [0.05, 0.1) is 17.2 Å². The minimum atomic E-state index is -3.59. The lowest BCUT2D eigenvalue weighted by atomic mass is 9.99. The third-order valence-corrected chi connectivity index (χ3v) is 9.44. The lowest BCUT2D eigenvalue weighted by Gasteiger charge is -2.30. The van der Waals surface area contributed by atoms with Gasteiger partial charge >= 0.3 is 6.03 Å². The first kappa shape index (κ1) is 26.8. The normalized spacial score (nSPS) is 22.1. The number of sulfonamides is 1. The molecule has 1 unspecified atom stereocenters. The van der Waals surface area contributed by atoms with Crippen LogP contribution in [-0.2, 0) is 10.0 Å². The molecule has 2 aromatic rings. The number of amides is 2. The van der Waals surface area contributed by atoms with Gasteiger partial charge in [-0.15, -0.1) is 0 Å². The second kappa shape index (κ2) is 11.6. The molecule has 4 aliphatic heterocycles. The number of nitrogens with one attached hydrogen (secondary N) is 5. The number of urea groups is 1. The maximum absolute atomic E-state index is 13.1. The van der Waals surface area contributed by atoms with E-state index in [0.717, 1.165) is 68.7 Å². The first-order chi connectivity index (χ1) is 19.5. The Labute approximate surface area is 235 Å². The van der Waals surface area contributed by atoms with E-state index in [0.29, 0.717) is 24.0 Å². The van der Waals surface area contributed by atoms with Crippen molar-refractivity contribution in [2.24, 2.45) is 5.92 Å². The number of hydrogen-bond donors (Lipinski definition) is 5. The van der Waals surface area contributed by atoms with Crippen LogP contribution in [0.4, 0.5) is 10.5 Å². The molecule has 0 saturated carbocycles. The van der Waals surface area contributed by atoms with Gasteiger partial charge in [0.1, 0.15) is 11.9 Å². The smallest absolute Gasteiger partial charge is 0.328 e. The standard InChI is InChI=1S/C29H36N6O4S/c36-29-33-28-22(18-35(29)26-3-1-2-4-27(26)39-19-20-9-13-30-14-10-20)17-25(32-28)21-5-7-24(8-6-21)40(37,38)34-23-11-15-31-16-12-23/h1-8,17-18,20,23,28,30-32,34H,9-16,19H2,(H,33,36). The Morgan fingerprint density at radius 3 is 2.35 bits per heavy atom. The molecule has 10 nitrogen and oxygen atoms in total. The molecular formula is C29H36N6O4S. The number of benzene rings is 2. The zero-order valence-corrected chi connectivity index (χ0v) is 23.2. The van der Waals surface area contributed by atoms with Gasteiger partial charge in [-0.25, -0.2) is 17.9 Å². The van der Waals surface area contributed by atoms with Crippen molar-refractivity contribution in [2.75, 3.05) is 37.7 Å². The summed E-state index contributed by atoms with van der Waals surface area (Å²) >= 11 is 0. The van der Waals surface area contributed by atoms with Crippen LogP contribution in [0.5, 0.6) is 5.75 Å². The van der Waals surface area contributed by atoms with Crippen LogP contribution in [0.3, 0.4) is 0 Å². The number of para-hydroxylation sites is 2. The van der Waals surface area contributed by atoms with Crippen molar-refractivity contribution in [2.45, 2.75) is 42.8 Å². The average Bonchev–Trinajstić information content (AvgIpc) is 3.39. The van der Waals surface area contributed by atoms with Crippen molar-refractivity contribution < 1.29 is 17.9 Å². The second-order valence-corrected chi connectivity index (χ2v) is 12.4. The molecule has 40 heavy (non-hydrogen) atoms. The van der Waals surface area contributed by atoms with Crippen molar-refractivity contribution in [3.63, 3.8) is 0 Å². The molecule has 2 aromatic carbocycles. The van der Waals surface area contributed by atoms with Gasteiger partial charge in [0.15, 0.2) is 0 Å². The highest BCUT2D eigenvalue weighted by atomic mass is 32.2. The van der Waals surface area contributed by atoms with Crippen molar-refractivity contribution in [3.05, 3.63) is 71.9 Å². The van der Waals surface area contributed by atoms with Crippen molar-refractivity contribution in [1.29, 1.82) is 0 Å². The third kappa shape index (κ3) is 5.87. The molecule has 0 spiro atoms. The molecule has 4 heterocycles. The van der Waals surface area contributed by atoms with Crippen LogP contribution in [0, 0.1) is 5.92 Å². The predicted octanol–water partition coefficient (Wildman–Crippen LogP) is 2.48. The van der Waals surface area contributed by atoms with E-state index < -0.39 is 10.0 Å². The number of piperidine rings is 2. The summed E-state index contributed by atoms with van der Waals surface area (Å²) in [6.45, 7) is 4.26. The zero-order valence-electron chi connectivity index (χ0n) is 22.4. The van der Waals surface area contributed by atoms with Crippen LogP contribution in [0.15, 0.2) is 71.3 Å². The first-order valence-corrected chi connectivity index (χ1v) is 15.5. The van der Waals surface area contributed by atoms with Crippen molar-refractivity contribution >= 4 is 27.4 Å². The SMILES string of the molecule is O=C1NC2NC(c3ccc(S(=O)(=O)NC4CCNCC4)cc3)=CC2=CN1c1ccccc1OCC1CCNCC1. The van der Waals surface area contributed by atoms with E-state index in [-0.39, 0.29) is 23.1 Å². The summed E-state index contributed by atoms with van der Waals surface area (Å²) < 4.78 is 34.8. The molecule has 0 radical (unpaired) electrons. The summed E-state index contributed by atoms with van der Waals surface area (Å²) in [6.07, 6.45) is 7.17. The molecule has 2 amide bonds. The van der Waals surface area contributed by atoms with Gasteiger partial charge in [-0.05, 0) is 93.7 Å². The fourth-order valence-corrected chi connectivity index (χ4v) is 6.89. The molecule has 2 fully saturated rings. The Morgan fingerprint density at radius 2 is 1.60 bits per heavy atom. The van der Waals surface area contributed by atoms with Gasteiger partial charge in [0.25, 0.3) is 0 Å². The van der Waals surface area contributed by atoms with E-state index in [4.69, 9.17) is 4.74 Å². The van der Waals surface area contributed by atoms with Gasteiger partial charge < -0.3 is 26.0 Å². The zero-order chi connectivity index (χ0) is 27.5. The summed E-state index contributed by atoms with van der Waals surface area (Å²) in [4.78, 5) is 15.0. The lowest BCUT2D eigenvalue weighted by Crippen LogP contribution is -2.51. The predicted molar refractivity (Wildman–Crippen MR) is 154 cm³/mol. The van der Waals surface area contributed by atoms with E-state index in [1.165, 1.54) is 0 Å². The van der Waals surface area contributed by atoms with Crippen LogP contribution < -0.4 is 35.6 Å². The molecule has 0 aliphatic carbocycles. The van der Waals surface area contributed by atoms with Gasteiger partial charge in [-0.3, -0.25) is 4.90 Å². The van der Waals surface area contributed by atoms with E-state index in [9.17, 15) is 13.2 Å². The number of rotatable bonds is 8. The van der Waals surface area contributed by atoms with E-state index in [1.54, 1.807) is 29.2 Å². The lowest BCUT2D eigenvalue weighted by molar-refractivity contribution is 0.215. The Balaban J connectivity index is 1.17. The molecule has 6 rings (SSSR count). The second-order valence-electron chi connectivity index (χ2n) is 10.7. The fraction of sp³-hybridized carbons (Fsp3) is 0.414. The summed E-state index contributed by atoms with van der Waals surface area (Å²) in [5, 5.41) is 13.0. The third-order valence-electron chi connectivity index (χ3n) is 7.90. The van der Waals surface area contributed by atoms with Crippen LogP contribution in [0.1, 0.15) is 31.2 Å². The van der Waals surface area contributed by atoms with Gasteiger partial charge in [-0.2, -0.15) is 0 Å². The van der Waals surface area contributed by atoms with Gasteiger partial charge in [0, 0.05) is 23.5 Å². The maximum Gasteiger partial charge on any atom is 0.328 e. The Bertz CT molecular complexity index is 1400. The van der Waals surface area contributed by atoms with E-state index in [1.807, 2.05) is 36.5 Å². The largest absolute Gasteiger partial charge is 0.491 e. The van der Waals surface area contributed by atoms with Crippen LogP contribution in [-0.4, -0.2) is 59.4 Å². The Morgan fingerprint density at radius 1 is 0.900 bits per heavy atom. The summed E-state index contributed by atoms with van der Waals surface area (Å²) in [7, 11) is -3.59. The number of nitrogens with zero attached hydrogens (tertiary/aromatic N) is 1. The highest BCUT2D eigenvalue weighted by Crippen LogP contribution is 2.33. The monoisotopic (exact) mass is 564 g/mol. The highest BCUT2D eigenvalue weighted by molar-refractivity contribution is 7.89. The average molecular weight is 565 g/mol. The molecule has 2 saturated heterocycles. The number of carbonyl (C=O) groups is 1. The number of carbonyl (C=O) groups excluding carboxylic acids is 1. The number of hydrogen-bond acceptors (Lipinski definition) is 7. The molecule has 11 heteroatoms. The molecule has 212 valence electrons. The van der Waals surface area contributed by atoms with E-state index >= 15 is 0 Å². The molecule has 0 aromatic heterocycles. The highest BCUT2D eigenvalue weighted by Gasteiger charge is 2.32. The van der Waals surface area contributed by atoms with Crippen molar-refractivity contribution in [1.82, 2.24) is 26.0 Å². The van der Waals surface area contributed by atoms with Crippen LogP contribution in [0.2, 0.25) is 0 Å². The molecule has 1 atom stereocenters. The van der Waals surface area contributed by atoms with Crippen LogP contribution in [0.25, 0.3) is 5.70 Å². The maximum atomic E-state index is 13.1. The van der Waals surface area contributed by atoms with Gasteiger partial charge in [-0.1, -0.05) is 24.3 Å². The molecular weight excluding hydrogens is 528 g/mol. The fourth-order valence-electron chi connectivity index (χ4n) is 5.58. The minimum absolute atomic E-state index is 0.0492. The minimum Gasteiger partial charge on any atom is -0.491 e. The molecule has 5 N–H and O–H groups in total. The Kier molecular flexibility index (Phi) is 7.79.